The summed E-state index contributed by atoms with van der Waals surface area (Å²) in [5.41, 5.74) is 1.47. The summed E-state index contributed by atoms with van der Waals surface area (Å²) in [6.07, 6.45) is 3.30. The predicted molar refractivity (Wildman–Crippen MR) is 107 cm³/mol. The molecule has 0 amide bonds. The highest BCUT2D eigenvalue weighted by Crippen LogP contribution is 2.34. The van der Waals surface area contributed by atoms with Crippen molar-refractivity contribution < 1.29 is 14.6 Å². The molecule has 0 saturated carbocycles. The molecule has 1 N–H and O–H groups in total. The van der Waals surface area contributed by atoms with Crippen LogP contribution in [0.2, 0.25) is 0 Å². The third-order valence-electron chi connectivity index (χ3n) is 5.26. The van der Waals surface area contributed by atoms with Gasteiger partial charge in [0.1, 0.15) is 12.3 Å². The van der Waals surface area contributed by atoms with Crippen LogP contribution in [-0.2, 0) is 16.1 Å². The van der Waals surface area contributed by atoms with Gasteiger partial charge in [-0.2, -0.15) is 0 Å². The molecular formula is C22H28N2O4. The monoisotopic (exact) mass is 384 g/mol. The number of aryl methyl sites for hydroxylation is 1. The Hall–Kier alpha value is -2.60. The van der Waals surface area contributed by atoms with Crippen LogP contribution in [0, 0.1) is 6.92 Å². The lowest BCUT2D eigenvalue weighted by molar-refractivity contribution is -0.143. The Kier molecular flexibility index (Phi) is 6.52. The maximum absolute atomic E-state index is 13.4. The molecule has 6 nitrogen and oxygen atoms in total. The number of likely N-dealkylation sites (tertiary alicyclic amines) is 1. The number of pyridine rings is 1. The van der Waals surface area contributed by atoms with Gasteiger partial charge in [-0.05, 0) is 51.4 Å². The van der Waals surface area contributed by atoms with Crippen molar-refractivity contribution >= 4 is 5.97 Å². The number of rotatable bonds is 6. The molecule has 3 rings (SSSR count). The maximum Gasteiger partial charge on any atom is 0.326 e. The second-order valence-corrected chi connectivity index (χ2v) is 7.19. The van der Waals surface area contributed by atoms with Crippen LogP contribution in [-0.4, -0.2) is 40.2 Å². The molecule has 1 saturated heterocycles. The first kappa shape index (κ1) is 20.1. The fraction of sp³-hybridized carbons (Fsp3) is 0.455. The summed E-state index contributed by atoms with van der Waals surface area (Å²) >= 11 is 0. The average molecular weight is 384 g/mol. The van der Waals surface area contributed by atoms with Crippen molar-refractivity contribution in [2.75, 3.05) is 19.7 Å². The molecule has 1 fully saturated rings. The smallest absolute Gasteiger partial charge is 0.326 e. The van der Waals surface area contributed by atoms with Crippen LogP contribution >= 0.6 is 0 Å². The number of carbonyl (C=O) groups is 1. The van der Waals surface area contributed by atoms with Gasteiger partial charge in [0, 0.05) is 5.69 Å². The van der Waals surface area contributed by atoms with Crippen molar-refractivity contribution in [2.24, 2.45) is 0 Å². The van der Waals surface area contributed by atoms with E-state index in [-0.39, 0.29) is 30.5 Å². The number of aromatic hydroxyl groups is 1. The number of hydrogen-bond acceptors (Lipinski definition) is 5. The molecule has 6 heteroatoms. The lowest BCUT2D eigenvalue weighted by Gasteiger charge is -2.35. The zero-order valence-corrected chi connectivity index (χ0v) is 16.6. The Balaban J connectivity index is 2.11. The van der Waals surface area contributed by atoms with Crippen LogP contribution < -0.4 is 5.56 Å². The molecule has 0 spiro atoms. The summed E-state index contributed by atoms with van der Waals surface area (Å²) < 4.78 is 6.41. The third kappa shape index (κ3) is 4.28. The van der Waals surface area contributed by atoms with Crippen LogP contribution in [0.15, 0.2) is 41.2 Å². The summed E-state index contributed by atoms with van der Waals surface area (Å²) in [6.45, 7) is 5.28. The van der Waals surface area contributed by atoms with Gasteiger partial charge in [-0.1, -0.05) is 36.8 Å². The van der Waals surface area contributed by atoms with Gasteiger partial charge in [0.05, 0.1) is 18.2 Å². The Bertz CT molecular complexity index is 870. The van der Waals surface area contributed by atoms with Crippen LogP contribution in [0.1, 0.15) is 49.0 Å². The first-order chi connectivity index (χ1) is 13.5. The molecule has 150 valence electrons. The minimum Gasteiger partial charge on any atom is -0.507 e. The van der Waals surface area contributed by atoms with Crippen LogP contribution in [0.4, 0.5) is 0 Å². The Labute approximate surface area is 165 Å². The van der Waals surface area contributed by atoms with Gasteiger partial charge in [0.25, 0.3) is 5.56 Å². The second kappa shape index (κ2) is 9.06. The van der Waals surface area contributed by atoms with Gasteiger partial charge >= 0.3 is 5.97 Å². The molecule has 1 aliphatic rings. The average Bonchev–Trinajstić information content (AvgIpc) is 2.70. The largest absolute Gasteiger partial charge is 0.507 e. The topological polar surface area (TPSA) is 71.8 Å². The number of esters is 1. The maximum atomic E-state index is 13.4. The molecule has 0 radical (unpaired) electrons. The lowest BCUT2D eigenvalue weighted by atomic mass is 9.94. The number of carbonyl (C=O) groups excluding carboxylic acids is 1. The number of benzene rings is 1. The van der Waals surface area contributed by atoms with Crippen molar-refractivity contribution in [1.82, 2.24) is 9.47 Å². The van der Waals surface area contributed by atoms with E-state index in [4.69, 9.17) is 4.74 Å². The summed E-state index contributed by atoms with van der Waals surface area (Å²) in [5, 5.41) is 10.7. The van der Waals surface area contributed by atoms with E-state index in [0.29, 0.717) is 11.3 Å². The first-order valence-corrected chi connectivity index (χ1v) is 9.90. The van der Waals surface area contributed by atoms with Gasteiger partial charge in [-0.25, -0.2) is 0 Å². The van der Waals surface area contributed by atoms with Gasteiger partial charge < -0.3 is 14.4 Å². The Morgan fingerprint density at radius 3 is 2.50 bits per heavy atom. The Morgan fingerprint density at radius 2 is 1.86 bits per heavy atom. The zero-order chi connectivity index (χ0) is 20.1. The SMILES string of the molecule is CCOC(=O)Cn1c(C)cc(O)c(C(c2ccccc2)N2CCCCC2)c1=O. The van der Waals surface area contributed by atoms with Crippen molar-refractivity contribution in [3.8, 4) is 5.75 Å². The van der Waals surface area contributed by atoms with E-state index in [9.17, 15) is 14.7 Å². The summed E-state index contributed by atoms with van der Waals surface area (Å²) in [6, 6.07) is 11.0. The molecule has 1 aromatic heterocycles. The van der Waals surface area contributed by atoms with Crippen LogP contribution in [0.3, 0.4) is 0 Å². The van der Waals surface area contributed by atoms with E-state index in [1.807, 2.05) is 30.3 Å². The van der Waals surface area contributed by atoms with Crippen LogP contribution in [0.5, 0.6) is 5.75 Å². The number of ether oxygens (including phenoxy) is 1. The van der Waals surface area contributed by atoms with E-state index in [2.05, 4.69) is 4.90 Å². The molecule has 1 aliphatic heterocycles. The van der Waals surface area contributed by atoms with Crippen molar-refractivity contribution in [3.05, 3.63) is 63.6 Å². The normalized spacial score (nSPS) is 15.9. The second-order valence-electron chi connectivity index (χ2n) is 7.19. The number of hydrogen-bond donors (Lipinski definition) is 1. The fourth-order valence-electron chi connectivity index (χ4n) is 3.93. The Morgan fingerprint density at radius 1 is 1.18 bits per heavy atom. The highest BCUT2D eigenvalue weighted by Gasteiger charge is 2.30. The molecule has 2 aromatic rings. The van der Waals surface area contributed by atoms with Gasteiger partial charge in [0.2, 0.25) is 0 Å². The first-order valence-electron chi connectivity index (χ1n) is 9.90. The molecule has 1 atom stereocenters. The summed E-state index contributed by atoms with van der Waals surface area (Å²) in [7, 11) is 0. The van der Waals surface area contributed by atoms with E-state index in [0.717, 1.165) is 31.5 Å². The molecule has 1 unspecified atom stereocenters. The number of piperidine rings is 1. The number of nitrogens with zero attached hydrogens (tertiary/aromatic N) is 2. The van der Waals surface area contributed by atoms with Crippen molar-refractivity contribution in [3.63, 3.8) is 0 Å². The number of aromatic nitrogens is 1. The highest BCUT2D eigenvalue weighted by molar-refractivity contribution is 5.69. The molecule has 0 bridgehead atoms. The molecular weight excluding hydrogens is 356 g/mol. The highest BCUT2D eigenvalue weighted by atomic mass is 16.5. The molecule has 1 aromatic carbocycles. The van der Waals surface area contributed by atoms with Crippen LogP contribution in [0.25, 0.3) is 0 Å². The standard InChI is InChI=1S/C22H28N2O4/c1-3-28-19(26)15-24-16(2)14-18(25)20(22(24)27)21(17-10-6-4-7-11-17)23-12-8-5-9-13-23/h4,6-7,10-11,14,21,25H,3,5,8-9,12-13,15H2,1-2H3. The fourth-order valence-corrected chi connectivity index (χ4v) is 3.93. The summed E-state index contributed by atoms with van der Waals surface area (Å²) in [5.74, 6) is -0.486. The third-order valence-corrected chi connectivity index (χ3v) is 5.26. The lowest BCUT2D eigenvalue weighted by Crippen LogP contribution is -2.39. The van der Waals surface area contributed by atoms with Crippen molar-refractivity contribution in [1.29, 1.82) is 0 Å². The zero-order valence-electron chi connectivity index (χ0n) is 16.6. The van der Waals surface area contributed by atoms with E-state index in [1.54, 1.807) is 19.9 Å². The summed E-state index contributed by atoms with van der Waals surface area (Å²) in [4.78, 5) is 27.6. The minimum absolute atomic E-state index is 0.0259. The molecule has 28 heavy (non-hydrogen) atoms. The quantitative estimate of drug-likeness (QED) is 0.775. The predicted octanol–water partition coefficient (Wildman–Crippen LogP) is 3.00. The molecule has 0 aliphatic carbocycles. The van der Waals surface area contributed by atoms with E-state index in [1.165, 1.54) is 11.0 Å². The van der Waals surface area contributed by atoms with E-state index >= 15 is 0 Å². The van der Waals surface area contributed by atoms with Gasteiger partial charge in [-0.15, -0.1) is 0 Å². The van der Waals surface area contributed by atoms with Gasteiger partial charge in [0.15, 0.2) is 0 Å². The molecule has 2 heterocycles. The van der Waals surface area contributed by atoms with Crippen molar-refractivity contribution in [2.45, 2.75) is 45.7 Å². The van der Waals surface area contributed by atoms with E-state index < -0.39 is 5.97 Å². The minimum atomic E-state index is -0.460. The van der Waals surface area contributed by atoms with Gasteiger partial charge in [-0.3, -0.25) is 14.5 Å².